The van der Waals surface area contributed by atoms with Crippen LogP contribution in [0.4, 0.5) is 0 Å². The van der Waals surface area contributed by atoms with E-state index in [-0.39, 0.29) is 12.0 Å². The summed E-state index contributed by atoms with van der Waals surface area (Å²) in [7, 11) is 0. The summed E-state index contributed by atoms with van der Waals surface area (Å²) in [5, 5.41) is 2.02. The topological polar surface area (TPSA) is 50.8 Å². The zero-order chi connectivity index (χ0) is 11.1. The summed E-state index contributed by atoms with van der Waals surface area (Å²) in [5.74, 6) is -0.175. The Bertz CT molecular complexity index is 193. The molecule has 5 heteroatoms. The van der Waals surface area contributed by atoms with Crippen LogP contribution in [0.2, 0.25) is 0 Å². The smallest absolute Gasteiger partial charge is 0.324 e. The first-order valence-electron chi connectivity index (χ1n) is 5.53. The van der Waals surface area contributed by atoms with Crippen molar-refractivity contribution in [1.82, 2.24) is 10.4 Å². The Morgan fingerprint density at radius 2 is 2.13 bits per heavy atom. The lowest BCUT2D eigenvalue weighted by atomic mass is 10.2. The van der Waals surface area contributed by atoms with Crippen LogP contribution in [0.15, 0.2) is 0 Å². The molecule has 0 bridgehead atoms. The highest BCUT2D eigenvalue weighted by Crippen LogP contribution is 1.99. The number of hydrogen-bond donors (Lipinski definition) is 1. The minimum atomic E-state index is -0.233. The van der Waals surface area contributed by atoms with Gasteiger partial charge >= 0.3 is 5.97 Å². The minimum Gasteiger partial charge on any atom is -0.465 e. The van der Waals surface area contributed by atoms with Gasteiger partial charge in [-0.3, -0.25) is 4.79 Å². The number of morpholine rings is 1. The minimum absolute atomic E-state index is 0.175. The normalized spacial score (nSPS) is 19.9. The fourth-order valence-corrected chi connectivity index (χ4v) is 1.47. The summed E-state index contributed by atoms with van der Waals surface area (Å²) in [6, 6.07) is -0.233. The Kier molecular flexibility index (Phi) is 5.60. The third-order valence-corrected chi connectivity index (χ3v) is 2.33. The van der Waals surface area contributed by atoms with E-state index in [0.717, 1.165) is 19.5 Å². The molecule has 0 spiro atoms. The molecule has 88 valence electrons. The highest BCUT2D eigenvalue weighted by molar-refractivity contribution is 5.75. The van der Waals surface area contributed by atoms with Crippen molar-refractivity contribution in [2.45, 2.75) is 26.3 Å². The van der Waals surface area contributed by atoms with Gasteiger partial charge in [0, 0.05) is 13.1 Å². The molecule has 0 aliphatic carbocycles. The zero-order valence-corrected chi connectivity index (χ0v) is 9.49. The van der Waals surface area contributed by atoms with Crippen LogP contribution in [0.1, 0.15) is 20.3 Å². The van der Waals surface area contributed by atoms with Crippen molar-refractivity contribution >= 4 is 5.97 Å². The summed E-state index contributed by atoms with van der Waals surface area (Å²) in [5.41, 5.74) is 3.17. The highest BCUT2D eigenvalue weighted by Gasteiger charge is 2.21. The van der Waals surface area contributed by atoms with Gasteiger partial charge < -0.3 is 9.47 Å². The van der Waals surface area contributed by atoms with E-state index in [0.29, 0.717) is 19.8 Å². The monoisotopic (exact) mass is 216 g/mol. The van der Waals surface area contributed by atoms with Crippen LogP contribution in [-0.2, 0) is 14.3 Å². The average molecular weight is 216 g/mol. The second kappa shape index (κ2) is 6.76. The highest BCUT2D eigenvalue weighted by atomic mass is 16.5. The first-order chi connectivity index (χ1) is 7.27. The Morgan fingerprint density at radius 3 is 2.67 bits per heavy atom. The molecule has 0 aromatic heterocycles. The van der Waals surface area contributed by atoms with Crippen LogP contribution in [0, 0.1) is 0 Å². The molecular formula is C10H20N2O3. The summed E-state index contributed by atoms with van der Waals surface area (Å²) in [6.07, 6.45) is 0.732. The van der Waals surface area contributed by atoms with E-state index < -0.39 is 0 Å². The van der Waals surface area contributed by atoms with E-state index in [1.807, 2.05) is 18.9 Å². The number of rotatable bonds is 5. The molecule has 1 unspecified atom stereocenters. The first-order valence-corrected chi connectivity index (χ1v) is 5.53. The van der Waals surface area contributed by atoms with Crippen LogP contribution in [0.25, 0.3) is 0 Å². The Hall–Kier alpha value is -0.650. The van der Waals surface area contributed by atoms with E-state index in [9.17, 15) is 4.79 Å². The molecule has 0 aromatic rings. The van der Waals surface area contributed by atoms with Crippen molar-refractivity contribution in [3.8, 4) is 0 Å². The quantitative estimate of drug-likeness (QED) is 0.664. The van der Waals surface area contributed by atoms with Gasteiger partial charge in [-0.1, -0.05) is 6.92 Å². The maximum absolute atomic E-state index is 11.5. The van der Waals surface area contributed by atoms with Gasteiger partial charge in [0.15, 0.2) is 0 Å². The summed E-state index contributed by atoms with van der Waals surface area (Å²) >= 11 is 0. The lowest BCUT2D eigenvalue weighted by Crippen LogP contribution is -2.52. The van der Waals surface area contributed by atoms with E-state index >= 15 is 0 Å². The van der Waals surface area contributed by atoms with Crippen LogP contribution >= 0.6 is 0 Å². The standard InChI is InChI=1S/C10H20N2O3/c1-3-9(10(13)15-4-2)11-12-5-7-14-8-6-12/h9,11H,3-8H2,1-2H3. The molecule has 0 amide bonds. The molecule has 1 saturated heterocycles. The average Bonchev–Trinajstić information content (AvgIpc) is 2.27. The van der Waals surface area contributed by atoms with Gasteiger partial charge in [0.25, 0.3) is 0 Å². The Balaban J connectivity index is 2.34. The first kappa shape index (κ1) is 12.4. The molecule has 1 fully saturated rings. The van der Waals surface area contributed by atoms with Crippen molar-refractivity contribution in [2.24, 2.45) is 0 Å². The van der Waals surface area contributed by atoms with Gasteiger partial charge in [-0.15, -0.1) is 0 Å². The number of hydrogen-bond acceptors (Lipinski definition) is 5. The van der Waals surface area contributed by atoms with E-state index in [4.69, 9.17) is 9.47 Å². The third-order valence-electron chi connectivity index (χ3n) is 2.33. The number of hydrazine groups is 1. The predicted molar refractivity (Wildman–Crippen MR) is 56.2 cm³/mol. The van der Waals surface area contributed by atoms with Crippen LogP contribution < -0.4 is 5.43 Å². The number of ether oxygens (including phenoxy) is 2. The summed E-state index contributed by atoms with van der Waals surface area (Å²) in [6.45, 7) is 7.28. The molecule has 1 N–H and O–H groups in total. The molecule has 0 aromatic carbocycles. The second-order valence-corrected chi connectivity index (χ2v) is 3.44. The molecular weight excluding hydrogens is 196 g/mol. The van der Waals surface area contributed by atoms with Crippen molar-refractivity contribution in [3.63, 3.8) is 0 Å². The zero-order valence-electron chi connectivity index (χ0n) is 9.49. The molecule has 15 heavy (non-hydrogen) atoms. The maximum atomic E-state index is 11.5. The molecule has 1 atom stereocenters. The van der Waals surface area contributed by atoms with Gasteiger partial charge in [0.2, 0.25) is 0 Å². The predicted octanol–water partition coefficient (Wildman–Crippen LogP) is 0.165. The SMILES string of the molecule is CCOC(=O)C(CC)NN1CCOCC1. The number of carbonyl (C=O) groups excluding carboxylic acids is 1. The molecule has 5 nitrogen and oxygen atoms in total. The van der Waals surface area contributed by atoms with E-state index in [2.05, 4.69) is 5.43 Å². The third kappa shape index (κ3) is 4.15. The van der Waals surface area contributed by atoms with Crippen molar-refractivity contribution in [1.29, 1.82) is 0 Å². The van der Waals surface area contributed by atoms with Gasteiger partial charge in [0.05, 0.1) is 19.8 Å². The maximum Gasteiger partial charge on any atom is 0.324 e. The lowest BCUT2D eigenvalue weighted by Gasteiger charge is -2.30. The van der Waals surface area contributed by atoms with E-state index in [1.165, 1.54) is 0 Å². The van der Waals surface area contributed by atoms with Gasteiger partial charge in [-0.2, -0.15) is 0 Å². The number of nitrogens with one attached hydrogen (secondary N) is 1. The largest absolute Gasteiger partial charge is 0.465 e. The lowest BCUT2D eigenvalue weighted by molar-refractivity contribution is -0.148. The molecule has 0 saturated carbocycles. The molecule has 1 aliphatic heterocycles. The van der Waals surface area contributed by atoms with E-state index in [1.54, 1.807) is 0 Å². The summed E-state index contributed by atoms with van der Waals surface area (Å²) in [4.78, 5) is 11.5. The Morgan fingerprint density at radius 1 is 1.47 bits per heavy atom. The Labute approximate surface area is 90.7 Å². The fourth-order valence-electron chi connectivity index (χ4n) is 1.47. The van der Waals surface area contributed by atoms with Crippen LogP contribution in [0.3, 0.4) is 0 Å². The summed E-state index contributed by atoms with van der Waals surface area (Å²) < 4.78 is 10.2. The van der Waals surface area contributed by atoms with Gasteiger partial charge in [-0.05, 0) is 13.3 Å². The molecule has 1 heterocycles. The molecule has 0 radical (unpaired) electrons. The van der Waals surface area contributed by atoms with Crippen LogP contribution in [-0.4, -0.2) is 49.9 Å². The van der Waals surface area contributed by atoms with Crippen molar-refractivity contribution in [3.05, 3.63) is 0 Å². The van der Waals surface area contributed by atoms with Gasteiger partial charge in [0.1, 0.15) is 6.04 Å². The van der Waals surface area contributed by atoms with Crippen molar-refractivity contribution < 1.29 is 14.3 Å². The second-order valence-electron chi connectivity index (χ2n) is 3.44. The number of carbonyl (C=O) groups is 1. The van der Waals surface area contributed by atoms with Crippen molar-refractivity contribution in [2.75, 3.05) is 32.9 Å². The molecule has 1 rings (SSSR count). The van der Waals surface area contributed by atoms with Crippen LogP contribution in [0.5, 0.6) is 0 Å². The van der Waals surface area contributed by atoms with Gasteiger partial charge in [-0.25, -0.2) is 10.4 Å². The fraction of sp³-hybridized carbons (Fsp3) is 0.900. The molecule has 1 aliphatic rings. The number of esters is 1. The number of nitrogens with zero attached hydrogens (tertiary/aromatic N) is 1.